The molecule has 0 unspecified atom stereocenters. The third-order valence-electron chi connectivity index (χ3n) is 3.99. The molecule has 2 rings (SSSR count). The van der Waals surface area contributed by atoms with Crippen LogP contribution in [0.15, 0.2) is 18.2 Å². The number of nitrogens with one attached hydrogen (secondary N) is 1. The van der Waals surface area contributed by atoms with Gasteiger partial charge in [-0.05, 0) is 37.1 Å². The summed E-state index contributed by atoms with van der Waals surface area (Å²) in [5.74, 6) is -2.29. The highest BCUT2D eigenvalue weighted by atomic mass is 32.2. The van der Waals surface area contributed by atoms with Crippen molar-refractivity contribution in [3.05, 3.63) is 29.3 Å². The van der Waals surface area contributed by atoms with E-state index in [4.69, 9.17) is 5.11 Å². The zero-order valence-corrected chi connectivity index (χ0v) is 15.1. The highest BCUT2D eigenvalue weighted by molar-refractivity contribution is 8.00. The zero-order valence-electron chi connectivity index (χ0n) is 14.2. The quantitative estimate of drug-likeness (QED) is 0.737. The fourth-order valence-corrected chi connectivity index (χ4v) is 3.66. The van der Waals surface area contributed by atoms with E-state index < -0.39 is 23.2 Å². The first-order valence-corrected chi connectivity index (χ1v) is 8.81. The van der Waals surface area contributed by atoms with Crippen LogP contribution in [0.1, 0.15) is 24.5 Å². The summed E-state index contributed by atoms with van der Waals surface area (Å²) in [7, 11) is 0. The molecule has 0 bridgehead atoms. The fourth-order valence-electron chi connectivity index (χ4n) is 2.50. The van der Waals surface area contributed by atoms with Crippen LogP contribution in [0.2, 0.25) is 0 Å². The van der Waals surface area contributed by atoms with Crippen molar-refractivity contribution in [1.29, 1.82) is 0 Å². The van der Waals surface area contributed by atoms with Crippen LogP contribution in [0.3, 0.4) is 0 Å². The van der Waals surface area contributed by atoms with Gasteiger partial charge in [-0.2, -0.15) is 0 Å². The minimum atomic E-state index is -1.18. The Hall–Kier alpha value is -2.35. The second-order valence-corrected chi connectivity index (χ2v) is 7.19. The number of carbonyl (C=O) groups is 4. The molecule has 1 aromatic rings. The Labute approximate surface area is 149 Å². The van der Waals surface area contributed by atoms with E-state index in [9.17, 15) is 19.2 Å². The molecule has 2 N–H and O–H groups in total. The maximum Gasteiger partial charge on any atom is 0.327 e. The largest absolute Gasteiger partial charge is 0.480 e. The number of aliphatic carboxylic acids is 1. The number of carboxylic acids is 1. The first kappa shape index (κ1) is 19.0. The molecule has 1 aliphatic heterocycles. The molecule has 7 nitrogen and oxygen atoms in total. The molecule has 8 heteroatoms. The van der Waals surface area contributed by atoms with Crippen LogP contribution >= 0.6 is 11.8 Å². The lowest BCUT2D eigenvalue weighted by Crippen LogP contribution is -2.42. The number of hydrogen-bond donors (Lipinski definition) is 2. The van der Waals surface area contributed by atoms with Gasteiger partial charge in [-0.15, -0.1) is 11.8 Å². The number of hydrogen-bond acceptors (Lipinski definition) is 5. The molecule has 0 spiro atoms. The summed E-state index contributed by atoms with van der Waals surface area (Å²) in [5.41, 5.74) is 2.57. The number of rotatable bonds is 6. The summed E-state index contributed by atoms with van der Waals surface area (Å²) in [6.45, 7) is 5.08. The Morgan fingerprint density at radius 1 is 1.32 bits per heavy atom. The van der Waals surface area contributed by atoms with Gasteiger partial charge in [-0.3, -0.25) is 14.4 Å². The normalized spacial score (nSPS) is 18.4. The molecule has 1 fully saturated rings. The standard InChI is InChI=1S/C17H20N2O5S/c1-9-4-5-12(6-10(9)2)19-15(21)7-14(16(19)22)25-8-13(17(23)24)18-11(3)20/h4-6,13-14H,7-8H2,1-3H3,(H,18,20)(H,23,24)/t13-,14-/m1/s1. The van der Waals surface area contributed by atoms with Crippen molar-refractivity contribution in [1.82, 2.24) is 5.32 Å². The van der Waals surface area contributed by atoms with Gasteiger partial charge in [0.05, 0.1) is 10.9 Å². The van der Waals surface area contributed by atoms with Gasteiger partial charge in [-0.25, -0.2) is 9.69 Å². The van der Waals surface area contributed by atoms with E-state index in [-0.39, 0.29) is 24.0 Å². The van der Waals surface area contributed by atoms with Crippen molar-refractivity contribution in [2.75, 3.05) is 10.7 Å². The summed E-state index contributed by atoms with van der Waals surface area (Å²) in [5, 5.41) is 10.8. The number of thioether (sulfide) groups is 1. The monoisotopic (exact) mass is 364 g/mol. The summed E-state index contributed by atoms with van der Waals surface area (Å²) in [6, 6.07) is 4.27. The Bertz CT molecular complexity index is 734. The molecule has 1 heterocycles. The highest BCUT2D eigenvalue weighted by Gasteiger charge is 2.40. The number of carbonyl (C=O) groups excluding carboxylic acids is 3. The van der Waals surface area contributed by atoms with Crippen LogP contribution in [0.5, 0.6) is 0 Å². The molecule has 0 saturated carbocycles. The topological polar surface area (TPSA) is 104 Å². The first-order valence-electron chi connectivity index (χ1n) is 7.76. The molecule has 3 amide bonds. The minimum Gasteiger partial charge on any atom is -0.480 e. The molecule has 1 aromatic carbocycles. The maximum atomic E-state index is 12.6. The molecular weight excluding hydrogens is 344 g/mol. The van der Waals surface area contributed by atoms with Crippen LogP contribution in [0, 0.1) is 13.8 Å². The van der Waals surface area contributed by atoms with Gasteiger partial charge in [0, 0.05) is 19.1 Å². The van der Waals surface area contributed by atoms with E-state index in [0.29, 0.717) is 5.69 Å². The third-order valence-corrected chi connectivity index (χ3v) is 5.29. The van der Waals surface area contributed by atoms with E-state index in [1.807, 2.05) is 19.9 Å². The predicted molar refractivity (Wildman–Crippen MR) is 94.5 cm³/mol. The van der Waals surface area contributed by atoms with Crippen molar-refractivity contribution in [3.8, 4) is 0 Å². The number of benzene rings is 1. The van der Waals surface area contributed by atoms with Crippen molar-refractivity contribution < 1.29 is 24.3 Å². The lowest BCUT2D eigenvalue weighted by Gasteiger charge is -2.17. The highest BCUT2D eigenvalue weighted by Crippen LogP contribution is 2.31. The molecule has 2 atom stereocenters. The van der Waals surface area contributed by atoms with Gasteiger partial charge >= 0.3 is 5.97 Å². The van der Waals surface area contributed by atoms with Crippen LogP contribution in [0.4, 0.5) is 5.69 Å². The number of amides is 3. The van der Waals surface area contributed by atoms with Crippen molar-refractivity contribution in [2.45, 2.75) is 38.5 Å². The zero-order chi connectivity index (χ0) is 18.7. The Kier molecular flexibility index (Phi) is 5.84. The lowest BCUT2D eigenvalue weighted by atomic mass is 10.1. The van der Waals surface area contributed by atoms with Gasteiger partial charge < -0.3 is 10.4 Å². The second kappa shape index (κ2) is 7.69. The third kappa shape index (κ3) is 4.39. The molecule has 0 aliphatic carbocycles. The number of imide groups is 1. The molecule has 134 valence electrons. The van der Waals surface area contributed by atoms with E-state index in [1.165, 1.54) is 6.92 Å². The van der Waals surface area contributed by atoms with Crippen LogP contribution in [-0.4, -0.2) is 45.8 Å². The van der Waals surface area contributed by atoms with Crippen LogP contribution in [0.25, 0.3) is 0 Å². The average molecular weight is 364 g/mol. The van der Waals surface area contributed by atoms with Crippen LogP contribution < -0.4 is 10.2 Å². The Balaban J connectivity index is 2.08. The summed E-state index contributed by atoms with van der Waals surface area (Å²) in [4.78, 5) is 48.2. The molecule has 25 heavy (non-hydrogen) atoms. The maximum absolute atomic E-state index is 12.6. The fraction of sp³-hybridized carbons (Fsp3) is 0.412. The minimum absolute atomic E-state index is 0.0133. The smallest absolute Gasteiger partial charge is 0.327 e. The van der Waals surface area contributed by atoms with Crippen molar-refractivity contribution in [3.63, 3.8) is 0 Å². The summed E-state index contributed by atoms with van der Waals surface area (Å²) >= 11 is 1.07. The number of nitrogens with zero attached hydrogens (tertiary/aromatic N) is 1. The van der Waals surface area contributed by atoms with E-state index in [1.54, 1.807) is 12.1 Å². The van der Waals surface area contributed by atoms with Gasteiger partial charge in [-0.1, -0.05) is 6.07 Å². The van der Waals surface area contributed by atoms with E-state index >= 15 is 0 Å². The predicted octanol–water partition coefficient (Wildman–Crippen LogP) is 1.26. The van der Waals surface area contributed by atoms with Gasteiger partial charge in [0.2, 0.25) is 17.7 Å². The first-order chi connectivity index (χ1) is 11.7. The Morgan fingerprint density at radius 2 is 2.00 bits per heavy atom. The summed E-state index contributed by atoms with van der Waals surface area (Å²) in [6.07, 6.45) is 0.0167. The summed E-state index contributed by atoms with van der Waals surface area (Å²) < 4.78 is 0. The molecule has 1 aliphatic rings. The van der Waals surface area contributed by atoms with E-state index in [2.05, 4.69) is 5.32 Å². The van der Waals surface area contributed by atoms with Gasteiger partial charge in [0.25, 0.3) is 0 Å². The SMILES string of the molecule is CC(=O)N[C@H](CS[C@@H]1CC(=O)N(c2ccc(C)c(C)c2)C1=O)C(=O)O. The van der Waals surface area contributed by atoms with Crippen molar-refractivity contribution >= 4 is 41.1 Å². The second-order valence-electron chi connectivity index (χ2n) is 5.95. The number of anilines is 1. The molecule has 0 aromatic heterocycles. The lowest BCUT2D eigenvalue weighted by molar-refractivity contribution is -0.140. The Morgan fingerprint density at radius 3 is 2.56 bits per heavy atom. The number of aryl methyl sites for hydroxylation is 2. The van der Waals surface area contributed by atoms with E-state index in [0.717, 1.165) is 27.8 Å². The molecule has 1 saturated heterocycles. The average Bonchev–Trinajstić information content (AvgIpc) is 2.80. The molecule has 0 radical (unpaired) electrons. The van der Waals surface area contributed by atoms with Gasteiger partial charge in [0.15, 0.2) is 0 Å². The van der Waals surface area contributed by atoms with Crippen molar-refractivity contribution in [2.24, 2.45) is 0 Å². The van der Waals surface area contributed by atoms with Crippen LogP contribution in [-0.2, 0) is 19.2 Å². The number of carboxylic acid groups (broad SMARTS) is 1. The van der Waals surface area contributed by atoms with Gasteiger partial charge in [0.1, 0.15) is 6.04 Å². The molecular formula is C17H20N2O5S.